The van der Waals surface area contributed by atoms with Crippen LogP contribution in [0.1, 0.15) is 12.7 Å². The molecular formula is C11H18F4N4O. The van der Waals surface area contributed by atoms with Gasteiger partial charge in [0.2, 0.25) is 0 Å². The first-order chi connectivity index (χ1) is 9.36. The quantitative estimate of drug-likeness (QED) is 0.697. The SMILES string of the molecule is CCNC(COCC(F)(F)C(F)F)Cc1ncnn1C. The third-order valence-electron chi connectivity index (χ3n) is 2.66. The molecular weight excluding hydrogens is 280 g/mol. The van der Waals surface area contributed by atoms with Crippen molar-refractivity contribution in [3.05, 3.63) is 12.2 Å². The zero-order valence-corrected chi connectivity index (χ0v) is 11.3. The zero-order valence-electron chi connectivity index (χ0n) is 11.3. The third kappa shape index (κ3) is 5.04. The third-order valence-corrected chi connectivity index (χ3v) is 2.66. The topological polar surface area (TPSA) is 52.0 Å². The van der Waals surface area contributed by atoms with Crippen molar-refractivity contribution < 1.29 is 22.3 Å². The molecule has 0 bridgehead atoms. The predicted octanol–water partition coefficient (Wildman–Crippen LogP) is 1.25. The summed E-state index contributed by atoms with van der Waals surface area (Å²) in [6.45, 7) is 1.03. The van der Waals surface area contributed by atoms with Crippen molar-refractivity contribution in [1.29, 1.82) is 0 Å². The lowest BCUT2D eigenvalue weighted by Crippen LogP contribution is -2.39. The molecule has 0 radical (unpaired) electrons. The summed E-state index contributed by atoms with van der Waals surface area (Å²) in [6.07, 6.45) is -1.94. The summed E-state index contributed by atoms with van der Waals surface area (Å²) < 4.78 is 55.6. The normalized spacial score (nSPS) is 13.9. The number of ether oxygens (including phenoxy) is 1. The van der Waals surface area contributed by atoms with Crippen molar-refractivity contribution >= 4 is 0 Å². The van der Waals surface area contributed by atoms with E-state index in [9.17, 15) is 17.6 Å². The number of aromatic nitrogens is 3. The van der Waals surface area contributed by atoms with Gasteiger partial charge in [0.15, 0.2) is 0 Å². The minimum atomic E-state index is -4.12. The van der Waals surface area contributed by atoms with Crippen molar-refractivity contribution in [2.75, 3.05) is 19.8 Å². The number of alkyl halides is 4. The number of hydrogen-bond donors (Lipinski definition) is 1. The molecule has 0 fully saturated rings. The van der Waals surface area contributed by atoms with Gasteiger partial charge in [0, 0.05) is 19.5 Å². The maximum atomic E-state index is 12.7. The van der Waals surface area contributed by atoms with E-state index in [1.807, 2.05) is 6.92 Å². The Balaban J connectivity index is 2.46. The van der Waals surface area contributed by atoms with Crippen molar-refractivity contribution in [2.24, 2.45) is 7.05 Å². The summed E-state index contributed by atoms with van der Waals surface area (Å²) in [5.74, 6) is -3.47. The fourth-order valence-corrected chi connectivity index (χ4v) is 1.60. The second-order valence-corrected chi connectivity index (χ2v) is 4.34. The van der Waals surface area contributed by atoms with Crippen LogP contribution in [0.2, 0.25) is 0 Å². The Morgan fingerprint density at radius 2 is 2.15 bits per heavy atom. The largest absolute Gasteiger partial charge is 0.373 e. The average Bonchev–Trinajstić information content (AvgIpc) is 2.75. The van der Waals surface area contributed by atoms with Crippen LogP contribution in [0.25, 0.3) is 0 Å². The molecule has 0 amide bonds. The molecule has 9 heteroatoms. The summed E-state index contributed by atoms with van der Waals surface area (Å²) in [5, 5.41) is 6.92. The van der Waals surface area contributed by atoms with Crippen LogP contribution < -0.4 is 5.32 Å². The number of aryl methyl sites for hydroxylation is 1. The smallest absolute Gasteiger partial charge is 0.330 e. The average molecular weight is 298 g/mol. The summed E-state index contributed by atoms with van der Waals surface area (Å²) >= 11 is 0. The molecule has 0 spiro atoms. The van der Waals surface area contributed by atoms with Crippen molar-refractivity contribution in [3.8, 4) is 0 Å². The number of nitrogens with zero attached hydrogens (tertiary/aromatic N) is 3. The molecule has 0 aliphatic rings. The van der Waals surface area contributed by atoms with Gasteiger partial charge in [0.1, 0.15) is 18.8 Å². The van der Waals surface area contributed by atoms with Gasteiger partial charge in [-0.2, -0.15) is 13.9 Å². The molecule has 20 heavy (non-hydrogen) atoms. The van der Waals surface area contributed by atoms with Crippen molar-refractivity contribution in [2.45, 2.75) is 31.7 Å². The lowest BCUT2D eigenvalue weighted by atomic mass is 10.2. The first-order valence-corrected chi connectivity index (χ1v) is 6.16. The van der Waals surface area contributed by atoms with Crippen LogP contribution in [0.15, 0.2) is 6.33 Å². The van der Waals surface area contributed by atoms with Gasteiger partial charge < -0.3 is 10.1 Å². The lowest BCUT2D eigenvalue weighted by Gasteiger charge is -2.20. The number of halogens is 4. The van der Waals surface area contributed by atoms with Crippen molar-refractivity contribution in [1.82, 2.24) is 20.1 Å². The fourth-order valence-electron chi connectivity index (χ4n) is 1.60. The molecule has 1 heterocycles. The zero-order chi connectivity index (χ0) is 15.2. The van der Waals surface area contributed by atoms with Gasteiger partial charge >= 0.3 is 12.3 Å². The first-order valence-electron chi connectivity index (χ1n) is 6.16. The number of likely N-dealkylation sites (N-methyl/N-ethyl adjacent to an activating group) is 1. The molecule has 0 aliphatic heterocycles. The molecule has 0 aromatic carbocycles. The maximum absolute atomic E-state index is 12.7. The Morgan fingerprint density at radius 3 is 2.65 bits per heavy atom. The van der Waals surface area contributed by atoms with Gasteiger partial charge in [0.05, 0.1) is 6.61 Å². The van der Waals surface area contributed by atoms with Gasteiger partial charge in [-0.3, -0.25) is 4.68 Å². The predicted molar refractivity (Wildman–Crippen MR) is 63.9 cm³/mol. The molecule has 1 N–H and O–H groups in total. The van der Waals surface area contributed by atoms with E-state index in [0.717, 1.165) is 0 Å². The van der Waals surface area contributed by atoms with Gasteiger partial charge in [-0.1, -0.05) is 6.92 Å². The molecule has 1 rings (SSSR count). The van der Waals surface area contributed by atoms with E-state index < -0.39 is 19.0 Å². The fraction of sp³-hybridized carbons (Fsp3) is 0.818. The molecule has 0 aliphatic carbocycles. The van der Waals surface area contributed by atoms with Crippen molar-refractivity contribution in [3.63, 3.8) is 0 Å². The van der Waals surface area contributed by atoms with E-state index in [4.69, 9.17) is 4.74 Å². The van der Waals surface area contributed by atoms with Crippen LogP contribution in [0.5, 0.6) is 0 Å². The van der Waals surface area contributed by atoms with E-state index in [1.165, 1.54) is 6.33 Å². The molecule has 1 unspecified atom stereocenters. The Labute approximate surface area is 114 Å². The second kappa shape index (κ2) is 7.53. The van der Waals surface area contributed by atoms with E-state index >= 15 is 0 Å². The highest BCUT2D eigenvalue weighted by Gasteiger charge is 2.41. The number of rotatable bonds is 9. The Morgan fingerprint density at radius 1 is 1.45 bits per heavy atom. The van der Waals surface area contributed by atoms with Gasteiger partial charge in [-0.15, -0.1) is 0 Å². The lowest BCUT2D eigenvalue weighted by molar-refractivity contribution is -0.167. The van der Waals surface area contributed by atoms with Crippen LogP contribution in [-0.4, -0.2) is 52.9 Å². The Hall–Kier alpha value is -1.22. The summed E-state index contributed by atoms with van der Waals surface area (Å²) in [7, 11) is 1.71. The standard InChI is InChI=1S/C11H18F4N4O/c1-3-16-8(4-9-17-7-18-19(9)2)5-20-6-11(14,15)10(12)13/h7-8,10,16H,3-6H2,1-2H3. The monoisotopic (exact) mass is 298 g/mol. The number of hydrogen-bond acceptors (Lipinski definition) is 4. The van der Waals surface area contributed by atoms with Crippen LogP contribution in [0.3, 0.4) is 0 Å². The highest BCUT2D eigenvalue weighted by molar-refractivity contribution is 4.89. The van der Waals surface area contributed by atoms with Crippen LogP contribution >= 0.6 is 0 Å². The highest BCUT2D eigenvalue weighted by Crippen LogP contribution is 2.22. The second-order valence-electron chi connectivity index (χ2n) is 4.34. The van der Waals surface area contributed by atoms with Crippen LogP contribution in [0.4, 0.5) is 17.6 Å². The minimum Gasteiger partial charge on any atom is -0.373 e. The van der Waals surface area contributed by atoms with E-state index in [1.54, 1.807) is 11.7 Å². The van der Waals surface area contributed by atoms with Gasteiger partial charge in [-0.05, 0) is 6.54 Å². The van der Waals surface area contributed by atoms with Gasteiger partial charge in [0.25, 0.3) is 0 Å². The molecule has 1 aromatic heterocycles. The number of nitrogens with one attached hydrogen (secondary N) is 1. The Kier molecular flexibility index (Phi) is 6.34. The summed E-state index contributed by atoms with van der Waals surface area (Å²) in [6, 6.07) is -0.295. The summed E-state index contributed by atoms with van der Waals surface area (Å²) in [4.78, 5) is 4.01. The molecule has 1 atom stereocenters. The molecule has 5 nitrogen and oxygen atoms in total. The minimum absolute atomic E-state index is 0.108. The molecule has 0 saturated carbocycles. The van der Waals surface area contributed by atoms with Crippen LogP contribution in [0, 0.1) is 0 Å². The summed E-state index contributed by atoms with van der Waals surface area (Å²) in [5.41, 5.74) is 0. The highest BCUT2D eigenvalue weighted by atomic mass is 19.3. The van der Waals surface area contributed by atoms with E-state index in [0.29, 0.717) is 18.8 Å². The Bertz CT molecular complexity index is 400. The molecule has 1 aromatic rings. The molecule has 0 saturated heterocycles. The maximum Gasteiger partial charge on any atom is 0.330 e. The van der Waals surface area contributed by atoms with Gasteiger partial charge in [-0.25, -0.2) is 13.8 Å². The van der Waals surface area contributed by atoms with E-state index in [2.05, 4.69) is 15.4 Å². The van der Waals surface area contributed by atoms with Crippen LogP contribution in [-0.2, 0) is 18.2 Å². The molecule has 116 valence electrons. The first kappa shape index (κ1) is 16.8. The van der Waals surface area contributed by atoms with E-state index in [-0.39, 0.29) is 12.6 Å².